The quantitative estimate of drug-likeness (QED) is 0.582. The van der Waals surface area contributed by atoms with E-state index >= 15 is 0 Å². The van der Waals surface area contributed by atoms with Crippen LogP contribution < -0.4 is 4.90 Å². The summed E-state index contributed by atoms with van der Waals surface area (Å²) in [5, 5.41) is 0.543. The molecule has 4 atom stereocenters. The highest BCUT2D eigenvalue weighted by Gasteiger charge is 2.57. The van der Waals surface area contributed by atoms with Gasteiger partial charge in [0.2, 0.25) is 11.8 Å². The van der Waals surface area contributed by atoms with E-state index in [-0.39, 0.29) is 35.5 Å². The monoisotopic (exact) mass is 274 g/mol. The molecule has 0 aromatic carbocycles. The molecular formula is C14H14N2O2S. The molecule has 2 amide bonds. The zero-order valence-corrected chi connectivity index (χ0v) is 11.4. The Balaban J connectivity index is 1.77. The number of allylic oxidation sites excluding steroid dienone is 2. The highest BCUT2D eigenvalue weighted by Crippen LogP contribution is 2.50. The summed E-state index contributed by atoms with van der Waals surface area (Å²) in [6, 6.07) is 0. The van der Waals surface area contributed by atoms with Gasteiger partial charge in [0.05, 0.1) is 11.8 Å². The molecular weight excluding hydrogens is 260 g/mol. The molecule has 4 nitrogen and oxygen atoms in total. The largest absolute Gasteiger partial charge is 0.274 e. The van der Waals surface area contributed by atoms with Gasteiger partial charge in [-0.05, 0) is 31.6 Å². The van der Waals surface area contributed by atoms with Crippen LogP contribution in [0.1, 0.15) is 17.7 Å². The number of aryl methyl sites for hydroxylation is 1. The van der Waals surface area contributed by atoms with Gasteiger partial charge in [0, 0.05) is 11.1 Å². The summed E-state index contributed by atoms with van der Waals surface area (Å²) in [6.45, 7) is 1.94. The van der Waals surface area contributed by atoms with Crippen molar-refractivity contribution in [2.45, 2.75) is 19.8 Å². The topological polar surface area (TPSA) is 50.3 Å². The Hall–Kier alpha value is -1.49. The second-order valence-electron chi connectivity index (χ2n) is 5.61. The molecule has 5 heteroatoms. The summed E-state index contributed by atoms with van der Waals surface area (Å²) in [5.41, 5.74) is 0. The van der Waals surface area contributed by atoms with Crippen molar-refractivity contribution in [2.24, 2.45) is 23.7 Å². The first-order chi connectivity index (χ1) is 9.16. The molecule has 4 aliphatic rings. The summed E-state index contributed by atoms with van der Waals surface area (Å²) in [6.07, 6.45) is 8.06. The molecule has 98 valence electrons. The van der Waals surface area contributed by atoms with Crippen molar-refractivity contribution < 1.29 is 9.59 Å². The SMILES string of the molecule is Cc1cnc(N2C(=O)C3C(C2=O)[C@H]2C=C[C@@H]3CC2)s1. The number of rotatable bonds is 1. The predicted octanol–water partition coefficient (Wildman–Crippen LogP) is 2.15. The number of carbonyl (C=O) groups excluding carboxylic acids is 2. The smallest absolute Gasteiger partial charge is 0.240 e. The van der Waals surface area contributed by atoms with E-state index < -0.39 is 0 Å². The summed E-state index contributed by atoms with van der Waals surface area (Å²) in [7, 11) is 0. The molecule has 2 unspecified atom stereocenters. The zero-order valence-electron chi connectivity index (χ0n) is 10.6. The maximum absolute atomic E-state index is 12.6. The minimum Gasteiger partial charge on any atom is -0.274 e. The van der Waals surface area contributed by atoms with E-state index in [4.69, 9.17) is 0 Å². The molecule has 5 rings (SSSR count). The molecule has 3 aliphatic carbocycles. The summed E-state index contributed by atoms with van der Waals surface area (Å²) >= 11 is 1.41. The van der Waals surface area contributed by atoms with Gasteiger partial charge < -0.3 is 0 Å². The van der Waals surface area contributed by atoms with Crippen molar-refractivity contribution in [1.82, 2.24) is 4.98 Å². The van der Waals surface area contributed by atoms with Gasteiger partial charge in [-0.1, -0.05) is 12.2 Å². The summed E-state index contributed by atoms with van der Waals surface area (Å²) in [4.78, 5) is 31.7. The zero-order chi connectivity index (χ0) is 13.1. The van der Waals surface area contributed by atoms with Crippen molar-refractivity contribution in [3.8, 4) is 0 Å². The Morgan fingerprint density at radius 2 is 1.74 bits per heavy atom. The number of hydrogen-bond acceptors (Lipinski definition) is 4. The first-order valence-corrected chi connectivity index (χ1v) is 7.47. The minimum absolute atomic E-state index is 0.0385. The van der Waals surface area contributed by atoms with Crippen molar-refractivity contribution in [1.29, 1.82) is 0 Å². The Morgan fingerprint density at radius 1 is 1.16 bits per heavy atom. The maximum Gasteiger partial charge on any atom is 0.240 e. The van der Waals surface area contributed by atoms with Gasteiger partial charge in [0.25, 0.3) is 0 Å². The van der Waals surface area contributed by atoms with Crippen LogP contribution in [0, 0.1) is 30.6 Å². The van der Waals surface area contributed by atoms with Crippen molar-refractivity contribution in [3.63, 3.8) is 0 Å². The Labute approximate surface area is 115 Å². The van der Waals surface area contributed by atoms with Gasteiger partial charge in [-0.3, -0.25) is 9.59 Å². The highest BCUT2D eigenvalue weighted by molar-refractivity contribution is 7.16. The average Bonchev–Trinajstić information content (AvgIpc) is 2.95. The van der Waals surface area contributed by atoms with E-state index in [1.54, 1.807) is 6.20 Å². The van der Waals surface area contributed by atoms with E-state index in [0.717, 1.165) is 17.7 Å². The van der Waals surface area contributed by atoms with Crippen LogP contribution >= 0.6 is 11.3 Å². The van der Waals surface area contributed by atoms with Gasteiger partial charge >= 0.3 is 0 Å². The van der Waals surface area contributed by atoms with Crippen molar-refractivity contribution in [2.75, 3.05) is 4.90 Å². The normalized spacial score (nSPS) is 36.2. The lowest BCUT2D eigenvalue weighted by atomic mass is 9.63. The summed E-state index contributed by atoms with van der Waals surface area (Å²) in [5.74, 6) is 0.141. The molecule has 1 aromatic heterocycles. The Morgan fingerprint density at radius 3 is 2.16 bits per heavy atom. The van der Waals surface area contributed by atoms with Gasteiger partial charge in [-0.2, -0.15) is 0 Å². The number of fused-ring (bicyclic) bond motifs is 1. The van der Waals surface area contributed by atoms with Crippen molar-refractivity contribution >= 4 is 28.3 Å². The van der Waals surface area contributed by atoms with E-state index in [0.29, 0.717) is 5.13 Å². The van der Waals surface area contributed by atoms with Gasteiger partial charge in [0.1, 0.15) is 0 Å². The van der Waals surface area contributed by atoms with Crippen LogP contribution in [0.2, 0.25) is 0 Å². The molecule has 2 bridgehead atoms. The fraction of sp³-hybridized carbons (Fsp3) is 0.500. The van der Waals surface area contributed by atoms with Gasteiger partial charge in [0.15, 0.2) is 5.13 Å². The number of carbonyl (C=O) groups is 2. The van der Waals surface area contributed by atoms with Crippen LogP contribution in [0.4, 0.5) is 5.13 Å². The molecule has 0 radical (unpaired) electrons. The fourth-order valence-electron chi connectivity index (χ4n) is 3.71. The van der Waals surface area contributed by atoms with Gasteiger partial charge in [-0.25, -0.2) is 9.88 Å². The number of aromatic nitrogens is 1. The lowest BCUT2D eigenvalue weighted by molar-refractivity contribution is -0.124. The lowest BCUT2D eigenvalue weighted by Gasteiger charge is -2.38. The standard InChI is InChI=1S/C14H14N2O2S/c1-7-6-15-14(19-7)16-12(17)10-8-2-3-9(5-4-8)11(10)13(16)18/h2-3,6,8-11H,4-5H2,1H3/t8-,9+,10?,11?. The molecule has 2 heterocycles. The Bertz CT molecular complexity index is 574. The average molecular weight is 274 g/mol. The van der Waals surface area contributed by atoms with E-state index in [1.165, 1.54) is 16.2 Å². The highest BCUT2D eigenvalue weighted by atomic mass is 32.1. The molecule has 1 aliphatic heterocycles. The van der Waals surface area contributed by atoms with Crippen LogP contribution in [0.15, 0.2) is 18.3 Å². The second-order valence-corrected chi connectivity index (χ2v) is 6.82. The third kappa shape index (κ3) is 1.42. The molecule has 1 saturated carbocycles. The van der Waals surface area contributed by atoms with Crippen LogP contribution in [0.5, 0.6) is 0 Å². The number of amides is 2. The number of imide groups is 1. The molecule has 1 aromatic rings. The fourth-order valence-corrected chi connectivity index (χ4v) is 4.48. The molecule has 1 saturated heterocycles. The molecule has 0 N–H and O–H groups in total. The van der Waals surface area contributed by atoms with Crippen LogP contribution in [0.3, 0.4) is 0 Å². The van der Waals surface area contributed by atoms with E-state index in [9.17, 15) is 9.59 Å². The molecule has 2 fully saturated rings. The first kappa shape index (κ1) is 11.3. The number of hydrogen-bond donors (Lipinski definition) is 0. The third-order valence-electron chi connectivity index (χ3n) is 4.56. The van der Waals surface area contributed by atoms with E-state index in [2.05, 4.69) is 17.1 Å². The Kier molecular flexibility index (Phi) is 2.24. The van der Waals surface area contributed by atoms with Crippen molar-refractivity contribution in [3.05, 3.63) is 23.2 Å². The summed E-state index contributed by atoms with van der Waals surface area (Å²) < 4.78 is 0. The predicted molar refractivity (Wildman–Crippen MR) is 71.7 cm³/mol. The van der Waals surface area contributed by atoms with Gasteiger partial charge in [-0.15, -0.1) is 11.3 Å². The second kappa shape index (κ2) is 3.76. The number of thiazole rings is 1. The molecule has 19 heavy (non-hydrogen) atoms. The van der Waals surface area contributed by atoms with Crippen LogP contribution in [0.25, 0.3) is 0 Å². The van der Waals surface area contributed by atoms with Crippen LogP contribution in [-0.2, 0) is 9.59 Å². The van der Waals surface area contributed by atoms with E-state index in [1.807, 2.05) is 6.92 Å². The first-order valence-electron chi connectivity index (χ1n) is 6.65. The number of anilines is 1. The number of nitrogens with zero attached hydrogens (tertiary/aromatic N) is 2. The minimum atomic E-state index is -0.138. The molecule has 0 spiro atoms. The van der Waals surface area contributed by atoms with Crippen LogP contribution in [-0.4, -0.2) is 16.8 Å². The third-order valence-corrected chi connectivity index (χ3v) is 5.46. The maximum atomic E-state index is 12.6. The lowest BCUT2D eigenvalue weighted by Crippen LogP contribution is -2.38.